The van der Waals surface area contributed by atoms with Crippen LogP contribution in [0.4, 0.5) is 14.5 Å². The number of amides is 1. The van der Waals surface area contributed by atoms with Crippen molar-refractivity contribution in [2.24, 2.45) is 0 Å². The third-order valence-corrected chi connectivity index (χ3v) is 5.28. The third-order valence-electron chi connectivity index (χ3n) is 5.28. The van der Waals surface area contributed by atoms with Crippen molar-refractivity contribution in [3.8, 4) is 11.4 Å². The van der Waals surface area contributed by atoms with Crippen molar-refractivity contribution in [1.29, 1.82) is 0 Å². The topological polar surface area (TPSA) is 77.1 Å². The van der Waals surface area contributed by atoms with Crippen LogP contribution in [-0.4, -0.2) is 30.3 Å². The number of nitrogens with one attached hydrogen (secondary N) is 1. The predicted octanol–water partition coefficient (Wildman–Crippen LogP) is 4.48. The number of pyridine rings is 1. The zero-order valence-electron chi connectivity index (χ0n) is 17.5. The molecule has 0 radical (unpaired) electrons. The van der Waals surface area contributed by atoms with E-state index in [0.717, 1.165) is 10.2 Å². The minimum atomic E-state index is -0.828. The summed E-state index contributed by atoms with van der Waals surface area (Å²) >= 11 is 0. The summed E-state index contributed by atoms with van der Waals surface area (Å²) in [7, 11) is 0. The van der Waals surface area contributed by atoms with Gasteiger partial charge in [0.2, 0.25) is 0 Å². The molecular weight excluding hydrogens is 426 g/mol. The van der Waals surface area contributed by atoms with E-state index in [-0.39, 0.29) is 17.9 Å². The Morgan fingerprint density at radius 2 is 1.85 bits per heavy atom. The lowest BCUT2D eigenvalue weighted by Gasteiger charge is -2.10. The lowest BCUT2D eigenvalue weighted by atomic mass is 10.1. The maximum atomic E-state index is 14.8. The summed E-state index contributed by atoms with van der Waals surface area (Å²) in [5.41, 5.74) is 2.70. The standard InChI is InChI=1S/C24H18F2N6O/c1-15-11-19(25)17(22-29-24(26)32(30-22)14-16-7-3-2-4-8-16)12-20(15)28-23(33)18-13-27-31-10-6-5-9-21(18)31/h2-13H,14H2,1H3,(H,28,33). The van der Waals surface area contributed by atoms with E-state index >= 15 is 0 Å². The molecule has 1 N–H and O–H groups in total. The first-order valence-electron chi connectivity index (χ1n) is 10.2. The van der Waals surface area contributed by atoms with Crippen LogP contribution < -0.4 is 5.32 Å². The summed E-state index contributed by atoms with van der Waals surface area (Å²) < 4.78 is 31.8. The first-order chi connectivity index (χ1) is 16.0. The Labute approximate surface area is 187 Å². The minimum absolute atomic E-state index is 0.0125. The molecule has 0 aliphatic carbocycles. The molecule has 0 unspecified atom stereocenters. The zero-order chi connectivity index (χ0) is 22.9. The second-order valence-corrected chi connectivity index (χ2v) is 7.54. The van der Waals surface area contributed by atoms with Crippen LogP contribution in [0.3, 0.4) is 0 Å². The van der Waals surface area contributed by atoms with Crippen molar-refractivity contribution in [2.75, 3.05) is 5.32 Å². The van der Waals surface area contributed by atoms with Crippen molar-refractivity contribution >= 4 is 17.1 Å². The van der Waals surface area contributed by atoms with Crippen LogP contribution in [0.5, 0.6) is 0 Å². The van der Waals surface area contributed by atoms with Crippen molar-refractivity contribution in [3.05, 3.63) is 102 Å². The van der Waals surface area contributed by atoms with Gasteiger partial charge in [0.25, 0.3) is 5.91 Å². The second kappa shape index (κ2) is 8.27. The molecule has 0 bridgehead atoms. The van der Waals surface area contributed by atoms with Gasteiger partial charge in [-0.05, 0) is 42.3 Å². The van der Waals surface area contributed by atoms with Crippen molar-refractivity contribution < 1.29 is 13.6 Å². The van der Waals surface area contributed by atoms with Crippen LogP contribution in [0.25, 0.3) is 16.9 Å². The molecule has 0 atom stereocenters. The maximum absolute atomic E-state index is 14.8. The van der Waals surface area contributed by atoms with Gasteiger partial charge in [0.1, 0.15) is 5.82 Å². The lowest BCUT2D eigenvalue weighted by Crippen LogP contribution is -2.13. The summed E-state index contributed by atoms with van der Waals surface area (Å²) in [6.07, 6.45) is 2.37. The van der Waals surface area contributed by atoms with Gasteiger partial charge in [-0.15, -0.1) is 5.10 Å². The quantitative estimate of drug-likeness (QED) is 0.434. The molecule has 3 aromatic heterocycles. The summed E-state index contributed by atoms with van der Waals surface area (Å²) in [6.45, 7) is 1.83. The fraction of sp³-hybridized carbons (Fsp3) is 0.0833. The van der Waals surface area contributed by atoms with Gasteiger partial charge in [0.05, 0.1) is 29.4 Å². The largest absolute Gasteiger partial charge is 0.322 e. The predicted molar refractivity (Wildman–Crippen MR) is 119 cm³/mol. The van der Waals surface area contributed by atoms with Crippen LogP contribution in [-0.2, 0) is 6.54 Å². The highest BCUT2D eigenvalue weighted by Gasteiger charge is 2.19. The van der Waals surface area contributed by atoms with Crippen LogP contribution >= 0.6 is 0 Å². The first kappa shape index (κ1) is 20.5. The first-order valence-corrected chi connectivity index (χ1v) is 10.2. The molecule has 5 aromatic rings. The highest BCUT2D eigenvalue weighted by Crippen LogP contribution is 2.28. The molecular formula is C24H18F2N6O. The maximum Gasteiger partial charge on any atom is 0.307 e. The Hall–Kier alpha value is -4.40. The normalized spacial score (nSPS) is 11.1. The van der Waals surface area contributed by atoms with Crippen molar-refractivity contribution in [2.45, 2.75) is 13.5 Å². The molecule has 0 fully saturated rings. The van der Waals surface area contributed by atoms with E-state index in [1.807, 2.05) is 30.3 Å². The Kier molecular flexibility index (Phi) is 5.14. The van der Waals surface area contributed by atoms with Crippen LogP contribution in [0.1, 0.15) is 21.5 Å². The van der Waals surface area contributed by atoms with Gasteiger partial charge in [-0.25, -0.2) is 13.6 Å². The number of aryl methyl sites for hydroxylation is 1. The van der Waals surface area contributed by atoms with Crippen molar-refractivity contribution in [3.63, 3.8) is 0 Å². The molecule has 0 spiro atoms. The summed E-state index contributed by atoms with van der Waals surface area (Å²) in [6, 6.07) is 17.3. The average Bonchev–Trinajstić information content (AvgIpc) is 3.40. The molecule has 9 heteroatoms. The number of carbonyl (C=O) groups excluding carboxylic acids is 1. The molecule has 0 aliphatic rings. The van der Waals surface area contributed by atoms with Gasteiger partial charge in [0, 0.05) is 11.9 Å². The number of aromatic nitrogens is 5. The minimum Gasteiger partial charge on any atom is -0.322 e. The van der Waals surface area contributed by atoms with E-state index in [4.69, 9.17) is 0 Å². The number of hydrogen-bond acceptors (Lipinski definition) is 4. The lowest BCUT2D eigenvalue weighted by molar-refractivity contribution is 0.102. The monoisotopic (exact) mass is 444 g/mol. The molecule has 0 saturated heterocycles. The highest BCUT2D eigenvalue weighted by atomic mass is 19.1. The van der Waals surface area contributed by atoms with Crippen LogP contribution in [0, 0.1) is 18.8 Å². The van der Waals surface area contributed by atoms with Gasteiger partial charge < -0.3 is 5.32 Å². The second-order valence-electron chi connectivity index (χ2n) is 7.54. The van der Waals surface area contributed by atoms with Crippen molar-refractivity contribution in [1.82, 2.24) is 24.4 Å². The Morgan fingerprint density at radius 3 is 2.67 bits per heavy atom. The van der Waals surface area contributed by atoms with Crippen LogP contribution in [0.15, 0.2) is 73.1 Å². The fourth-order valence-electron chi connectivity index (χ4n) is 3.57. The number of anilines is 1. The van der Waals surface area contributed by atoms with E-state index < -0.39 is 17.8 Å². The summed E-state index contributed by atoms with van der Waals surface area (Å²) in [4.78, 5) is 16.7. The summed E-state index contributed by atoms with van der Waals surface area (Å²) in [5, 5.41) is 11.1. The van der Waals surface area contributed by atoms with Gasteiger partial charge in [-0.1, -0.05) is 36.4 Å². The molecule has 2 aromatic carbocycles. The number of benzene rings is 2. The fourth-order valence-corrected chi connectivity index (χ4v) is 3.57. The summed E-state index contributed by atoms with van der Waals surface area (Å²) in [5.74, 6) is -1.11. The third kappa shape index (κ3) is 3.96. The number of halogens is 2. The Bertz CT molecular complexity index is 1480. The van der Waals surface area contributed by atoms with E-state index in [2.05, 4.69) is 20.5 Å². The molecule has 0 aliphatic heterocycles. The zero-order valence-corrected chi connectivity index (χ0v) is 17.5. The molecule has 0 saturated carbocycles. The van der Waals surface area contributed by atoms with E-state index in [1.165, 1.54) is 18.3 Å². The Morgan fingerprint density at radius 1 is 1.06 bits per heavy atom. The number of nitrogens with zero attached hydrogens (tertiary/aromatic N) is 5. The Balaban J connectivity index is 1.46. The number of fused-ring (bicyclic) bond motifs is 1. The average molecular weight is 444 g/mol. The highest BCUT2D eigenvalue weighted by molar-refractivity contribution is 6.09. The van der Waals surface area contributed by atoms with Gasteiger partial charge in [-0.2, -0.15) is 14.5 Å². The molecule has 33 heavy (non-hydrogen) atoms. The SMILES string of the molecule is Cc1cc(F)c(-c2nc(F)n(Cc3ccccc3)n2)cc1NC(=O)c1cnn2ccccc12. The van der Waals surface area contributed by atoms with Gasteiger partial charge in [0.15, 0.2) is 5.82 Å². The van der Waals surface area contributed by atoms with E-state index in [9.17, 15) is 13.6 Å². The molecule has 7 nitrogen and oxygen atoms in total. The van der Waals surface area contributed by atoms with Crippen LogP contribution in [0.2, 0.25) is 0 Å². The number of rotatable bonds is 5. The number of carbonyl (C=O) groups is 1. The number of hydrogen-bond donors (Lipinski definition) is 1. The molecule has 3 heterocycles. The molecule has 164 valence electrons. The molecule has 5 rings (SSSR count). The van der Waals surface area contributed by atoms with E-state index in [0.29, 0.717) is 22.3 Å². The smallest absolute Gasteiger partial charge is 0.307 e. The van der Waals surface area contributed by atoms with Gasteiger partial charge in [-0.3, -0.25) is 4.79 Å². The van der Waals surface area contributed by atoms with E-state index in [1.54, 1.807) is 35.8 Å². The van der Waals surface area contributed by atoms with Gasteiger partial charge >= 0.3 is 6.08 Å². The molecule has 1 amide bonds.